The van der Waals surface area contributed by atoms with Gasteiger partial charge in [-0.25, -0.2) is 4.98 Å². The molecule has 0 aliphatic carbocycles. The molecular formula is C20H19N3O3S. The number of carbonyl (C=O) groups excluding carboxylic acids is 1. The lowest BCUT2D eigenvalue weighted by atomic mass is 10.2. The molecular weight excluding hydrogens is 362 g/mol. The third-order valence-electron chi connectivity index (χ3n) is 4.59. The van der Waals surface area contributed by atoms with Crippen LogP contribution < -0.4 is 14.4 Å². The zero-order valence-electron chi connectivity index (χ0n) is 15.1. The highest BCUT2D eigenvalue weighted by Crippen LogP contribution is 2.34. The second kappa shape index (κ2) is 7.36. The maximum absolute atomic E-state index is 12.7. The first-order valence-electron chi connectivity index (χ1n) is 8.59. The zero-order chi connectivity index (χ0) is 18.8. The maximum Gasteiger partial charge on any atom is 0.233 e. The summed E-state index contributed by atoms with van der Waals surface area (Å²) in [6, 6.07) is 7.59. The third kappa shape index (κ3) is 3.38. The number of ether oxygens (including phenoxy) is 2. The first-order valence-corrected chi connectivity index (χ1v) is 9.47. The Bertz CT molecular complexity index is 986. The van der Waals surface area contributed by atoms with Crippen LogP contribution >= 0.6 is 11.3 Å². The standard InChI is InChI=1S/C20H19N3O3S/c1-25-17-4-3-13(9-18(17)26-2)20-22-15(12-27-20)10-19(24)23-8-6-14-11-21-7-5-16(14)23/h3-5,7,9,11-12H,6,8,10H2,1-2H3. The molecule has 1 aliphatic heterocycles. The van der Waals surface area contributed by atoms with Crippen LogP contribution in [0.25, 0.3) is 10.6 Å². The molecule has 1 aliphatic rings. The molecule has 7 heteroatoms. The number of aromatic nitrogens is 2. The molecule has 0 radical (unpaired) electrons. The van der Waals surface area contributed by atoms with Gasteiger partial charge in [0.2, 0.25) is 5.91 Å². The molecule has 0 bridgehead atoms. The van der Waals surface area contributed by atoms with Gasteiger partial charge in [0.15, 0.2) is 11.5 Å². The molecule has 0 atom stereocenters. The summed E-state index contributed by atoms with van der Waals surface area (Å²) in [5.74, 6) is 1.39. The predicted octanol–water partition coefficient (Wildman–Crippen LogP) is 3.35. The number of amides is 1. The molecule has 0 fully saturated rings. The van der Waals surface area contributed by atoms with E-state index >= 15 is 0 Å². The van der Waals surface area contributed by atoms with E-state index in [1.807, 2.05) is 40.7 Å². The Morgan fingerprint density at radius 3 is 2.89 bits per heavy atom. The Kier molecular flexibility index (Phi) is 4.77. The number of anilines is 1. The molecule has 0 saturated heterocycles. The summed E-state index contributed by atoms with van der Waals surface area (Å²) in [4.78, 5) is 23.3. The summed E-state index contributed by atoms with van der Waals surface area (Å²) < 4.78 is 10.6. The molecule has 0 spiro atoms. The van der Waals surface area contributed by atoms with E-state index in [-0.39, 0.29) is 12.3 Å². The summed E-state index contributed by atoms with van der Waals surface area (Å²) >= 11 is 1.52. The van der Waals surface area contributed by atoms with Crippen LogP contribution in [0.1, 0.15) is 11.3 Å². The quantitative estimate of drug-likeness (QED) is 0.678. The van der Waals surface area contributed by atoms with Gasteiger partial charge in [0, 0.05) is 35.6 Å². The smallest absolute Gasteiger partial charge is 0.233 e. The van der Waals surface area contributed by atoms with Gasteiger partial charge < -0.3 is 14.4 Å². The van der Waals surface area contributed by atoms with E-state index in [1.54, 1.807) is 20.4 Å². The lowest BCUT2D eigenvalue weighted by Crippen LogP contribution is -2.30. The van der Waals surface area contributed by atoms with E-state index in [2.05, 4.69) is 9.97 Å². The number of benzene rings is 1. The van der Waals surface area contributed by atoms with Crippen LogP contribution in [0.3, 0.4) is 0 Å². The number of thiazole rings is 1. The van der Waals surface area contributed by atoms with Gasteiger partial charge >= 0.3 is 0 Å². The van der Waals surface area contributed by atoms with Crippen LogP contribution in [0.4, 0.5) is 5.69 Å². The monoisotopic (exact) mass is 381 g/mol. The summed E-state index contributed by atoms with van der Waals surface area (Å²) in [5, 5.41) is 2.79. The molecule has 6 nitrogen and oxygen atoms in total. The molecule has 4 rings (SSSR count). The highest BCUT2D eigenvalue weighted by atomic mass is 32.1. The van der Waals surface area contributed by atoms with Gasteiger partial charge in [-0.05, 0) is 36.2 Å². The highest BCUT2D eigenvalue weighted by Gasteiger charge is 2.25. The third-order valence-corrected chi connectivity index (χ3v) is 5.53. The van der Waals surface area contributed by atoms with Gasteiger partial charge in [-0.15, -0.1) is 11.3 Å². The van der Waals surface area contributed by atoms with Crippen molar-refractivity contribution < 1.29 is 14.3 Å². The van der Waals surface area contributed by atoms with Gasteiger partial charge in [-0.2, -0.15) is 0 Å². The molecule has 1 aromatic carbocycles. The molecule has 3 aromatic rings. The SMILES string of the molecule is COc1ccc(-c2nc(CC(=O)N3CCc4cnccc43)cs2)cc1OC. The van der Waals surface area contributed by atoms with Crippen LogP contribution in [0, 0.1) is 0 Å². The fourth-order valence-corrected chi connectivity index (χ4v) is 4.04. The average molecular weight is 381 g/mol. The van der Waals surface area contributed by atoms with Crippen LogP contribution in [-0.4, -0.2) is 36.6 Å². The van der Waals surface area contributed by atoms with Gasteiger partial charge in [0.1, 0.15) is 5.01 Å². The van der Waals surface area contributed by atoms with Gasteiger partial charge in [-0.3, -0.25) is 9.78 Å². The Morgan fingerprint density at radius 1 is 1.22 bits per heavy atom. The van der Waals surface area contributed by atoms with Gasteiger partial charge in [0.25, 0.3) is 0 Å². The fraction of sp³-hybridized carbons (Fsp3) is 0.250. The van der Waals surface area contributed by atoms with Crippen molar-refractivity contribution in [1.82, 2.24) is 9.97 Å². The van der Waals surface area contributed by atoms with Crippen molar-refractivity contribution in [3.63, 3.8) is 0 Å². The topological polar surface area (TPSA) is 64.5 Å². The minimum Gasteiger partial charge on any atom is -0.493 e. The van der Waals surface area contributed by atoms with Crippen molar-refractivity contribution in [3.8, 4) is 22.1 Å². The van der Waals surface area contributed by atoms with Crippen molar-refractivity contribution in [2.24, 2.45) is 0 Å². The minimum absolute atomic E-state index is 0.0594. The molecule has 0 saturated carbocycles. The van der Waals surface area contributed by atoms with Crippen molar-refractivity contribution in [1.29, 1.82) is 0 Å². The number of hydrogen-bond donors (Lipinski definition) is 0. The van der Waals surface area contributed by atoms with E-state index in [4.69, 9.17) is 9.47 Å². The van der Waals surface area contributed by atoms with Crippen LogP contribution in [0.2, 0.25) is 0 Å². The van der Waals surface area contributed by atoms with E-state index in [1.165, 1.54) is 11.3 Å². The van der Waals surface area contributed by atoms with Crippen molar-refractivity contribution in [3.05, 3.63) is 53.3 Å². The first kappa shape index (κ1) is 17.5. The second-order valence-electron chi connectivity index (χ2n) is 6.19. The lowest BCUT2D eigenvalue weighted by Gasteiger charge is -2.16. The molecule has 1 amide bonds. The first-order chi connectivity index (χ1) is 13.2. The largest absolute Gasteiger partial charge is 0.493 e. The van der Waals surface area contributed by atoms with E-state index in [0.29, 0.717) is 18.0 Å². The summed E-state index contributed by atoms with van der Waals surface area (Å²) in [6.07, 6.45) is 4.69. The maximum atomic E-state index is 12.7. The average Bonchev–Trinajstić information content (AvgIpc) is 3.34. The van der Waals surface area contributed by atoms with E-state index < -0.39 is 0 Å². The Hall–Kier alpha value is -2.93. The normalized spacial score (nSPS) is 12.7. The predicted molar refractivity (Wildman–Crippen MR) is 105 cm³/mol. The Balaban J connectivity index is 1.51. The number of rotatable bonds is 5. The Labute approximate surface area is 161 Å². The number of hydrogen-bond acceptors (Lipinski definition) is 6. The number of methoxy groups -OCH3 is 2. The number of nitrogens with zero attached hydrogens (tertiary/aromatic N) is 3. The fourth-order valence-electron chi connectivity index (χ4n) is 3.23. The van der Waals surface area contributed by atoms with Gasteiger partial charge in [-0.1, -0.05) is 0 Å². The molecule has 27 heavy (non-hydrogen) atoms. The summed E-state index contributed by atoms with van der Waals surface area (Å²) in [7, 11) is 3.22. The second-order valence-corrected chi connectivity index (χ2v) is 7.05. The van der Waals surface area contributed by atoms with Gasteiger partial charge in [0.05, 0.1) is 26.3 Å². The molecule has 0 unspecified atom stereocenters. The van der Waals surface area contributed by atoms with Crippen molar-refractivity contribution >= 4 is 22.9 Å². The number of fused-ring (bicyclic) bond motifs is 1. The van der Waals surface area contributed by atoms with E-state index in [9.17, 15) is 4.79 Å². The summed E-state index contributed by atoms with van der Waals surface area (Å²) in [6.45, 7) is 0.701. The lowest BCUT2D eigenvalue weighted by molar-refractivity contribution is -0.117. The number of pyridine rings is 1. The number of carbonyl (C=O) groups is 1. The molecule has 3 heterocycles. The van der Waals surface area contributed by atoms with E-state index in [0.717, 1.165) is 33.9 Å². The van der Waals surface area contributed by atoms with Crippen LogP contribution in [0.5, 0.6) is 11.5 Å². The van der Waals surface area contributed by atoms with Crippen LogP contribution in [0.15, 0.2) is 42.0 Å². The molecule has 2 aromatic heterocycles. The highest BCUT2D eigenvalue weighted by molar-refractivity contribution is 7.13. The van der Waals surface area contributed by atoms with Crippen LogP contribution in [-0.2, 0) is 17.6 Å². The van der Waals surface area contributed by atoms with Crippen molar-refractivity contribution in [2.75, 3.05) is 25.7 Å². The molecule has 0 N–H and O–H groups in total. The minimum atomic E-state index is 0.0594. The Morgan fingerprint density at radius 2 is 2.07 bits per heavy atom. The molecule has 138 valence electrons. The summed E-state index contributed by atoms with van der Waals surface area (Å²) in [5.41, 5.74) is 3.80. The van der Waals surface area contributed by atoms with Crippen molar-refractivity contribution in [2.45, 2.75) is 12.8 Å². The zero-order valence-corrected chi connectivity index (χ0v) is 16.0.